The number of ether oxygens (including phenoxy) is 1. The number of hydrogen-bond acceptors (Lipinski definition) is 4. The number of halogens is 2. The quantitative estimate of drug-likeness (QED) is 0.575. The Bertz CT molecular complexity index is 966. The van der Waals surface area contributed by atoms with Crippen LogP contribution in [0.15, 0.2) is 47.0 Å². The van der Waals surface area contributed by atoms with Gasteiger partial charge in [0.2, 0.25) is 0 Å². The van der Waals surface area contributed by atoms with E-state index in [1.165, 1.54) is 0 Å². The van der Waals surface area contributed by atoms with E-state index in [1.54, 1.807) is 30.3 Å². The fourth-order valence-electron chi connectivity index (χ4n) is 2.73. The Hall–Kier alpha value is -2.50. The number of amides is 1. The van der Waals surface area contributed by atoms with Crippen LogP contribution in [-0.2, 0) is 13.0 Å². The smallest absolute Gasteiger partial charge is 0.251 e. The summed E-state index contributed by atoms with van der Waals surface area (Å²) in [6.45, 7) is 4.51. The molecule has 1 amide bonds. The molecule has 1 N–H and O–H groups in total. The molecule has 0 bridgehead atoms. The molecule has 0 saturated carbocycles. The molecule has 0 fully saturated rings. The Morgan fingerprint density at radius 2 is 2.00 bits per heavy atom. The van der Waals surface area contributed by atoms with E-state index in [4.69, 9.17) is 32.5 Å². The summed E-state index contributed by atoms with van der Waals surface area (Å²) < 4.78 is 10.9. The summed E-state index contributed by atoms with van der Waals surface area (Å²) >= 11 is 12.1. The lowest BCUT2D eigenvalue weighted by molar-refractivity contribution is 0.0953. The largest absolute Gasteiger partial charge is 0.489 e. The third-order valence-electron chi connectivity index (χ3n) is 4.36. The first kappa shape index (κ1) is 20.2. The average molecular weight is 419 g/mol. The fraction of sp³-hybridized carbons (Fsp3) is 0.238. The molecule has 3 rings (SSSR count). The summed E-state index contributed by atoms with van der Waals surface area (Å²) in [5.41, 5.74) is 3.17. The van der Waals surface area contributed by atoms with Crippen LogP contribution >= 0.6 is 23.2 Å². The lowest BCUT2D eigenvalue weighted by Gasteiger charge is -2.09. The van der Waals surface area contributed by atoms with Crippen molar-refractivity contribution < 1.29 is 14.1 Å². The molecule has 3 aromatic rings. The van der Waals surface area contributed by atoms with E-state index in [0.29, 0.717) is 40.9 Å². The van der Waals surface area contributed by atoms with Gasteiger partial charge in [-0.05, 0) is 56.2 Å². The molecule has 7 heteroatoms. The van der Waals surface area contributed by atoms with Crippen LogP contribution in [0, 0.1) is 13.8 Å². The normalized spacial score (nSPS) is 10.7. The predicted octanol–water partition coefficient (Wildman–Crippen LogP) is 5.15. The van der Waals surface area contributed by atoms with Crippen LogP contribution in [0.2, 0.25) is 10.0 Å². The van der Waals surface area contributed by atoms with Gasteiger partial charge in [0.25, 0.3) is 5.91 Å². The summed E-state index contributed by atoms with van der Waals surface area (Å²) in [6, 6.07) is 12.4. The Kier molecular flexibility index (Phi) is 6.60. The molecule has 0 radical (unpaired) electrons. The Balaban J connectivity index is 1.56. The van der Waals surface area contributed by atoms with Crippen molar-refractivity contribution in [1.29, 1.82) is 0 Å². The summed E-state index contributed by atoms with van der Waals surface area (Å²) in [5.74, 6) is 1.16. The average Bonchev–Trinajstić information content (AvgIpc) is 2.99. The molecule has 146 valence electrons. The van der Waals surface area contributed by atoms with E-state index < -0.39 is 0 Å². The summed E-state index contributed by atoms with van der Waals surface area (Å²) in [4.78, 5) is 12.4. The zero-order chi connectivity index (χ0) is 20.1. The van der Waals surface area contributed by atoms with E-state index in [0.717, 1.165) is 22.6 Å². The molecule has 0 aliphatic carbocycles. The molecular formula is C21H20Cl2N2O3. The molecule has 2 aromatic carbocycles. The second kappa shape index (κ2) is 9.13. The second-order valence-corrected chi connectivity index (χ2v) is 7.20. The van der Waals surface area contributed by atoms with Gasteiger partial charge in [-0.3, -0.25) is 4.79 Å². The number of hydrogen-bond donors (Lipinski definition) is 1. The number of carbonyl (C=O) groups is 1. The molecule has 1 heterocycles. The van der Waals surface area contributed by atoms with Gasteiger partial charge in [-0.1, -0.05) is 40.5 Å². The zero-order valence-electron chi connectivity index (χ0n) is 15.6. The van der Waals surface area contributed by atoms with Crippen molar-refractivity contribution in [2.45, 2.75) is 26.9 Å². The second-order valence-electron chi connectivity index (χ2n) is 6.36. The number of benzene rings is 2. The summed E-state index contributed by atoms with van der Waals surface area (Å²) in [7, 11) is 0. The van der Waals surface area contributed by atoms with Gasteiger partial charge in [0.1, 0.15) is 18.1 Å². The van der Waals surface area contributed by atoms with E-state index in [1.807, 2.05) is 26.0 Å². The van der Waals surface area contributed by atoms with Crippen LogP contribution in [-0.4, -0.2) is 17.6 Å². The highest BCUT2D eigenvalue weighted by molar-refractivity contribution is 6.35. The van der Waals surface area contributed by atoms with Gasteiger partial charge >= 0.3 is 0 Å². The Labute approximate surface area is 173 Å². The first-order chi connectivity index (χ1) is 13.4. The van der Waals surface area contributed by atoms with Crippen molar-refractivity contribution in [2.75, 3.05) is 6.54 Å². The molecule has 0 unspecified atom stereocenters. The molecule has 1 aromatic heterocycles. The van der Waals surface area contributed by atoms with E-state index in [2.05, 4.69) is 10.5 Å². The SMILES string of the molecule is Cc1noc(C)c1COc1cccc(C(=O)NCCc2ccc(Cl)cc2Cl)c1. The van der Waals surface area contributed by atoms with E-state index in [-0.39, 0.29) is 5.91 Å². The zero-order valence-corrected chi connectivity index (χ0v) is 17.1. The standard InChI is InChI=1S/C21H20Cl2N2O3/c1-13-19(14(2)28-25-13)12-27-18-5-3-4-16(10-18)21(26)24-9-8-15-6-7-17(22)11-20(15)23/h3-7,10-11H,8-9,12H2,1-2H3,(H,24,26). The van der Waals surface area contributed by atoms with Crippen LogP contribution in [0.3, 0.4) is 0 Å². The molecule has 0 saturated heterocycles. The van der Waals surface area contributed by atoms with Gasteiger partial charge in [0, 0.05) is 22.2 Å². The third kappa shape index (κ3) is 5.06. The van der Waals surface area contributed by atoms with Crippen molar-refractivity contribution in [3.8, 4) is 5.75 Å². The van der Waals surface area contributed by atoms with Crippen LogP contribution in [0.25, 0.3) is 0 Å². The maximum Gasteiger partial charge on any atom is 0.251 e. The minimum absolute atomic E-state index is 0.173. The van der Waals surface area contributed by atoms with Crippen LogP contribution in [0.1, 0.15) is 32.9 Å². The van der Waals surface area contributed by atoms with Gasteiger partial charge in [-0.25, -0.2) is 0 Å². The number of rotatable bonds is 7. The fourth-order valence-corrected chi connectivity index (χ4v) is 3.23. The van der Waals surface area contributed by atoms with Crippen molar-refractivity contribution >= 4 is 29.1 Å². The van der Waals surface area contributed by atoms with Crippen molar-refractivity contribution in [3.63, 3.8) is 0 Å². The summed E-state index contributed by atoms with van der Waals surface area (Å²) in [6.07, 6.45) is 0.615. The highest BCUT2D eigenvalue weighted by Crippen LogP contribution is 2.21. The van der Waals surface area contributed by atoms with Gasteiger partial charge < -0.3 is 14.6 Å². The Morgan fingerprint density at radius 1 is 1.18 bits per heavy atom. The molecule has 0 aliphatic heterocycles. The van der Waals surface area contributed by atoms with Crippen molar-refractivity contribution in [1.82, 2.24) is 10.5 Å². The molecule has 0 aliphatic rings. The molecule has 5 nitrogen and oxygen atoms in total. The van der Waals surface area contributed by atoms with Crippen LogP contribution in [0.4, 0.5) is 0 Å². The minimum Gasteiger partial charge on any atom is -0.489 e. The molecule has 0 atom stereocenters. The van der Waals surface area contributed by atoms with Crippen LogP contribution in [0.5, 0.6) is 5.75 Å². The predicted molar refractivity (Wildman–Crippen MR) is 109 cm³/mol. The highest BCUT2D eigenvalue weighted by atomic mass is 35.5. The van der Waals surface area contributed by atoms with Gasteiger partial charge in [0.15, 0.2) is 0 Å². The maximum absolute atomic E-state index is 12.4. The first-order valence-electron chi connectivity index (χ1n) is 8.81. The van der Waals surface area contributed by atoms with Crippen molar-refractivity contribution in [2.24, 2.45) is 0 Å². The monoisotopic (exact) mass is 418 g/mol. The summed E-state index contributed by atoms with van der Waals surface area (Å²) in [5, 5.41) is 7.98. The Morgan fingerprint density at radius 3 is 2.71 bits per heavy atom. The van der Waals surface area contributed by atoms with E-state index >= 15 is 0 Å². The highest BCUT2D eigenvalue weighted by Gasteiger charge is 2.11. The molecular weight excluding hydrogens is 399 g/mol. The topological polar surface area (TPSA) is 64.4 Å². The van der Waals surface area contributed by atoms with Crippen molar-refractivity contribution in [3.05, 3.63) is 80.7 Å². The lowest BCUT2D eigenvalue weighted by Crippen LogP contribution is -2.25. The number of aromatic nitrogens is 1. The maximum atomic E-state index is 12.4. The first-order valence-corrected chi connectivity index (χ1v) is 9.56. The number of carbonyl (C=O) groups excluding carboxylic acids is 1. The number of nitrogens with zero attached hydrogens (tertiary/aromatic N) is 1. The van der Waals surface area contributed by atoms with Crippen LogP contribution < -0.4 is 10.1 Å². The number of aryl methyl sites for hydroxylation is 2. The third-order valence-corrected chi connectivity index (χ3v) is 4.94. The number of nitrogens with one attached hydrogen (secondary N) is 1. The molecule has 0 spiro atoms. The molecule has 28 heavy (non-hydrogen) atoms. The lowest BCUT2D eigenvalue weighted by atomic mass is 10.1. The minimum atomic E-state index is -0.173. The van der Waals surface area contributed by atoms with E-state index in [9.17, 15) is 4.79 Å². The van der Waals surface area contributed by atoms with Gasteiger partial charge in [-0.15, -0.1) is 0 Å². The van der Waals surface area contributed by atoms with Gasteiger partial charge in [-0.2, -0.15) is 0 Å². The van der Waals surface area contributed by atoms with Gasteiger partial charge in [0.05, 0.1) is 11.3 Å².